The number of nitrogens with one attached hydrogen (secondary N) is 1. The number of rotatable bonds is 5. The van der Waals surface area contributed by atoms with E-state index in [4.69, 9.17) is 4.42 Å². The van der Waals surface area contributed by atoms with Crippen LogP contribution in [0.3, 0.4) is 0 Å². The Bertz CT molecular complexity index is 1030. The van der Waals surface area contributed by atoms with Crippen molar-refractivity contribution in [3.63, 3.8) is 0 Å². The van der Waals surface area contributed by atoms with Crippen molar-refractivity contribution in [2.24, 2.45) is 0 Å². The summed E-state index contributed by atoms with van der Waals surface area (Å²) in [6.45, 7) is 4.64. The third-order valence-corrected chi connectivity index (χ3v) is 5.46. The van der Waals surface area contributed by atoms with E-state index in [1.165, 1.54) is 5.56 Å². The molecule has 1 fully saturated rings. The minimum Gasteiger partial charge on any atom is -0.408 e. The zero-order valence-corrected chi connectivity index (χ0v) is 17.3. The Labute approximate surface area is 175 Å². The Kier molecular flexibility index (Phi) is 6.77. The molecule has 1 aliphatic heterocycles. The quantitative estimate of drug-likeness (QED) is 0.695. The van der Waals surface area contributed by atoms with Crippen LogP contribution in [0.5, 0.6) is 0 Å². The van der Waals surface area contributed by atoms with Crippen molar-refractivity contribution in [2.75, 3.05) is 19.6 Å². The lowest BCUT2D eigenvalue weighted by atomic mass is 10.0. The van der Waals surface area contributed by atoms with Crippen LogP contribution in [0, 0.1) is 0 Å². The molecule has 29 heavy (non-hydrogen) atoms. The number of aromatic nitrogens is 1. The van der Waals surface area contributed by atoms with Gasteiger partial charge in [-0.3, -0.25) is 9.36 Å². The van der Waals surface area contributed by atoms with Gasteiger partial charge in [0, 0.05) is 32.6 Å². The van der Waals surface area contributed by atoms with Gasteiger partial charge in [-0.05, 0) is 29.7 Å². The number of nitrogens with zero attached hydrogens (tertiary/aromatic N) is 2. The molecule has 1 unspecified atom stereocenters. The zero-order chi connectivity index (χ0) is 19.5. The molecule has 3 aromatic rings. The maximum atomic E-state index is 13.0. The van der Waals surface area contributed by atoms with E-state index in [0.717, 1.165) is 30.6 Å². The first-order valence-electron chi connectivity index (χ1n) is 9.84. The van der Waals surface area contributed by atoms with Gasteiger partial charge in [0.05, 0.1) is 11.6 Å². The monoisotopic (exact) mass is 415 g/mol. The molecule has 1 aromatic heterocycles. The lowest BCUT2D eigenvalue weighted by molar-refractivity contribution is -0.134. The van der Waals surface area contributed by atoms with E-state index in [1.54, 1.807) is 10.6 Å². The van der Waals surface area contributed by atoms with Crippen molar-refractivity contribution in [1.82, 2.24) is 14.8 Å². The number of fused-ring (bicyclic) bond motifs is 1. The molecule has 0 radical (unpaired) electrons. The van der Waals surface area contributed by atoms with E-state index in [1.807, 2.05) is 23.1 Å². The fourth-order valence-corrected chi connectivity index (χ4v) is 3.85. The van der Waals surface area contributed by atoms with Gasteiger partial charge in [0.15, 0.2) is 5.58 Å². The highest BCUT2D eigenvalue weighted by Gasteiger charge is 2.27. The summed E-state index contributed by atoms with van der Waals surface area (Å²) >= 11 is 0. The van der Waals surface area contributed by atoms with Gasteiger partial charge < -0.3 is 14.6 Å². The van der Waals surface area contributed by atoms with E-state index in [2.05, 4.69) is 36.5 Å². The standard InChI is InChI=1S/C22H25N3O3.ClH/c1-2-16-7-9-17(10-8-16)19-15-23-12-14-24(19)21(26)11-13-25-18-5-3-4-6-20(18)28-22(25)27;/h3-10,19,23H,2,11-15H2,1H3;1H. The molecule has 6 nitrogen and oxygen atoms in total. The Morgan fingerprint density at radius 2 is 1.93 bits per heavy atom. The maximum absolute atomic E-state index is 13.0. The minimum atomic E-state index is -0.416. The molecule has 4 rings (SSSR count). The number of carbonyl (C=O) groups excluding carboxylic acids is 1. The summed E-state index contributed by atoms with van der Waals surface area (Å²) in [5, 5.41) is 3.39. The molecule has 1 atom stereocenters. The number of oxazole rings is 1. The maximum Gasteiger partial charge on any atom is 0.419 e. The van der Waals surface area contributed by atoms with Crippen LogP contribution in [0.25, 0.3) is 11.1 Å². The van der Waals surface area contributed by atoms with E-state index in [9.17, 15) is 9.59 Å². The van der Waals surface area contributed by atoms with E-state index >= 15 is 0 Å². The number of carbonyl (C=O) groups is 1. The molecule has 154 valence electrons. The highest BCUT2D eigenvalue weighted by molar-refractivity contribution is 5.85. The fourth-order valence-electron chi connectivity index (χ4n) is 3.85. The Balaban J connectivity index is 0.00000240. The van der Waals surface area contributed by atoms with Crippen LogP contribution in [0.4, 0.5) is 0 Å². The normalized spacial score (nSPS) is 16.6. The van der Waals surface area contributed by atoms with E-state index < -0.39 is 5.76 Å². The van der Waals surface area contributed by atoms with Gasteiger partial charge in [-0.25, -0.2) is 4.79 Å². The number of amides is 1. The molecule has 7 heteroatoms. The largest absolute Gasteiger partial charge is 0.419 e. The zero-order valence-electron chi connectivity index (χ0n) is 16.5. The second-order valence-corrected chi connectivity index (χ2v) is 7.14. The summed E-state index contributed by atoms with van der Waals surface area (Å²) in [5.41, 5.74) is 3.71. The van der Waals surface area contributed by atoms with Crippen LogP contribution in [0.15, 0.2) is 57.7 Å². The molecule has 0 saturated carbocycles. The molecule has 2 heterocycles. The summed E-state index contributed by atoms with van der Waals surface area (Å²) in [7, 11) is 0. The number of piperazine rings is 1. The molecule has 1 N–H and O–H groups in total. The molecule has 1 saturated heterocycles. The molecular formula is C22H26ClN3O3. The first-order valence-corrected chi connectivity index (χ1v) is 9.84. The molecule has 1 aliphatic rings. The van der Waals surface area contributed by atoms with Crippen LogP contribution in [-0.4, -0.2) is 35.0 Å². The van der Waals surface area contributed by atoms with Gasteiger partial charge in [0.2, 0.25) is 5.91 Å². The molecule has 0 bridgehead atoms. The first kappa shape index (κ1) is 21.1. The third kappa shape index (κ3) is 4.38. The summed E-state index contributed by atoms with van der Waals surface area (Å²) in [6.07, 6.45) is 1.27. The molecule has 0 aliphatic carbocycles. The van der Waals surface area contributed by atoms with Crippen molar-refractivity contribution in [3.05, 3.63) is 70.2 Å². The fraction of sp³-hybridized carbons (Fsp3) is 0.364. The summed E-state index contributed by atoms with van der Waals surface area (Å²) < 4.78 is 6.80. The molecular weight excluding hydrogens is 390 g/mol. The summed E-state index contributed by atoms with van der Waals surface area (Å²) in [6, 6.07) is 15.8. The average Bonchev–Trinajstić information content (AvgIpc) is 3.07. The number of hydrogen-bond donors (Lipinski definition) is 1. The Morgan fingerprint density at radius 3 is 2.69 bits per heavy atom. The second kappa shape index (κ2) is 9.29. The minimum absolute atomic E-state index is 0. The van der Waals surface area contributed by atoms with Crippen molar-refractivity contribution < 1.29 is 9.21 Å². The number of aryl methyl sites for hydroxylation is 2. The van der Waals surface area contributed by atoms with Crippen LogP contribution in [0.2, 0.25) is 0 Å². The molecule has 0 spiro atoms. The van der Waals surface area contributed by atoms with Gasteiger partial charge in [0.1, 0.15) is 0 Å². The predicted octanol–water partition coefficient (Wildman–Crippen LogP) is 3.14. The first-order chi connectivity index (χ1) is 13.7. The van der Waals surface area contributed by atoms with Crippen LogP contribution in [0.1, 0.15) is 30.5 Å². The lowest BCUT2D eigenvalue weighted by Crippen LogP contribution is -2.48. The van der Waals surface area contributed by atoms with E-state index in [0.29, 0.717) is 18.7 Å². The van der Waals surface area contributed by atoms with Gasteiger partial charge in [-0.1, -0.05) is 43.3 Å². The van der Waals surface area contributed by atoms with E-state index in [-0.39, 0.29) is 30.8 Å². The number of para-hydroxylation sites is 2. The van der Waals surface area contributed by atoms with Crippen LogP contribution < -0.4 is 11.1 Å². The van der Waals surface area contributed by atoms with Crippen molar-refractivity contribution in [1.29, 1.82) is 0 Å². The van der Waals surface area contributed by atoms with Gasteiger partial charge >= 0.3 is 5.76 Å². The topological polar surface area (TPSA) is 67.5 Å². The molecule has 1 amide bonds. The summed E-state index contributed by atoms with van der Waals surface area (Å²) in [4.78, 5) is 27.1. The highest BCUT2D eigenvalue weighted by Crippen LogP contribution is 2.24. The van der Waals surface area contributed by atoms with Crippen LogP contribution >= 0.6 is 12.4 Å². The number of benzene rings is 2. The predicted molar refractivity (Wildman–Crippen MR) is 115 cm³/mol. The van der Waals surface area contributed by atoms with Gasteiger partial charge in [-0.15, -0.1) is 12.4 Å². The SMILES string of the molecule is CCc1ccc(C2CNCCN2C(=O)CCn2c(=O)oc3ccccc32)cc1.Cl. The number of halogens is 1. The van der Waals surface area contributed by atoms with Gasteiger partial charge in [-0.2, -0.15) is 0 Å². The van der Waals surface area contributed by atoms with Crippen molar-refractivity contribution >= 4 is 29.4 Å². The van der Waals surface area contributed by atoms with Crippen LogP contribution in [-0.2, 0) is 17.8 Å². The highest BCUT2D eigenvalue weighted by atomic mass is 35.5. The third-order valence-electron chi connectivity index (χ3n) is 5.46. The van der Waals surface area contributed by atoms with Crippen molar-refractivity contribution in [2.45, 2.75) is 32.4 Å². The summed E-state index contributed by atoms with van der Waals surface area (Å²) in [5.74, 6) is -0.357. The molecule has 2 aromatic carbocycles. The average molecular weight is 416 g/mol. The van der Waals surface area contributed by atoms with Crippen molar-refractivity contribution in [3.8, 4) is 0 Å². The number of hydrogen-bond acceptors (Lipinski definition) is 4. The smallest absolute Gasteiger partial charge is 0.408 e. The Morgan fingerprint density at radius 1 is 1.17 bits per heavy atom. The lowest BCUT2D eigenvalue weighted by Gasteiger charge is -2.36. The Hall–Kier alpha value is -2.57. The van der Waals surface area contributed by atoms with Gasteiger partial charge in [0.25, 0.3) is 0 Å². The second-order valence-electron chi connectivity index (χ2n) is 7.14.